The standard InChI is InChI=1S/C51H51N3O7S3/c1-50(2)45(53(30-10-32-55-58-60-62)43-26-18-35-12-5-7-16-41(35)47(43)50)28-20-37-14-9-15-38(49(37)57-39-22-24-40(25-23-39)64-34-52)21-29-46-51(3,4)48-42-17-8-6-13-36(42)19-27-44(48)54(46)31-11-33-56-59-61-63/h5-8,12-13,16-29H,9-11,14-15,30-33H2,1-4H3,(H-,62,63)/p-1. The van der Waals surface area contributed by atoms with Crippen LogP contribution in [-0.2, 0) is 65.2 Å². The lowest BCUT2D eigenvalue weighted by molar-refractivity contribution is -0.471. The van der Waals surface area contributed by atoms with Crippen molar-refractivity contribution >= 4 is 76.2 Å². The van der Waals surface area contributed by atoms with Crippen molar-refractivity contribution in [3.8, 4) is 11.2 Å². The van der Waals surface area contributed by atoms with Crippen LogP contribution in [-0.4, -0.2) is 36.6 Å². The van der Waals surface area contributed by atoms with Gasteiger partial charge in [0, 0.05) is 52.4 Å². The maximum Gasteiger partial charge on any atom is 0.210 e. The van der Waals surface area contributed by atoms with Crippen molar-refractivity contribution in [1.29, 1.82) is 5.26 Å². The summed E-state index contributed by atoms with van der Waals surface area (Å²) >= 11 is 9.97. The van der Waals surface area contributed by atoms with Gasteiger partial charge >= 0.3 is 0 Å². The summed E-state index contributed by atoms with van der Waals surface area (Å²) in [7, 11) is 0. The Labute approximate surface area is 390 Å². The number of hydrogen-bond donors (Lipinski definition) is 0. The van der Waals surface area contributed by atoms with E-state index in [0.29, 0.717) is 44.9 Å². The van der Waals surface area contributed by atoms with Crippen LogP contribution in [0.25, 0.3) is 21.5 Å². The van der Waals surface area contributed by atoms with Crippen LogP contribution >= 0.6 is 11.8 Å². The Hall–Kier alpha value is -4.85. The van der Waals surface area contributed by atoms with Crippen LogP contribution in [0.4, 0.5) is 11.4 Å². The summed E-state index contributed by atoms with van der Waals surface area (Å²) in [6.07, 6.45) is 13.0. The van der Waals surface area contributed by atoms with Gasteiger partial charge in [0.2, 0.25) is 5.69 Å². The zero-order chi connectivity index (χ0) is 44.7. The Balaban J connectivity index is 1.22. The van der Waals surface area contributed by atoms with E-state index in [1.807, 2.05) is 24.3 Å². The van der Waals surface area contributed by atoms with Gasteiger partial charge in [0.1, 0.15) is 16.9 Å². The van der Waals surface area contributed by atoms with Gasteiger partial charge in [-0.25, -0.2) is 9.78 Å². The molecule has 2 heterocycles. The molecule has 8 rings (SSSR count). The molecule has 0 N–H and O–H groups in total. The Kier molecular flexibility index (Phi) is 14.7. The molecule has 0 amide bonds. The van der Waals surface area contributed by atoms with Gasteiger partial charge in [-0.2, -0.15) is 9.84 Å². The van der Waals surface area contributed by atoms with Gasteiger partial charge in [0.25, 0.3) is 0 Å². The average Bonchev–Trinajstić information content (AvgIpc) is 3.66. The minimum atomic E-state index is -0.326. The fourth-order valence-corrected chi connectivity index (χ4v) is 10.1. The van der Waals surface area contributed by atoms with Crippen LogP contribution in [0.15, 0.2) is 149 Å². The molecule has 1 aliphatic carbocycles. The molecule has 3 aliphatic rings. The number of anilines is 1. The molecule has 5 aromatic rings. The summed E-state index contributed by atoms with van der Waals surface area (Å²) in [5, 5.41) is 25.5. The molecule has 0 fully saturated rings. The van der Waals surface area contributed by atoms with Crippen molar-refractivity contribution in [2.75, 3.05) is 31.2 Å². The van der Waals surface area contributed by atoms with Crippen LogP contribution in [0.3, 0.4) is 0 Å². The predicted molar refractivity (Wildman–Crippen MR) is 256 cm³/mol. The first-order valence-electron chi connectivity index (χ1n) is 21.5. The second kappa shape index (κ2) is 20.5. The lowest BCUT2D eigenvalue weighted by atomic mass is 9.78. The number of ether oxygens (including phenoxy) is 1. The largest absolute Gasteiger partial charge is 0.579 e. The number of thioether (sulfide) groups is 1. The third-order valence-corrected chi connectivity index (χ3v) is 13.2. The summed E-state index contributed by atoms with van der Waals surface area (Å²) in [6, 6.07) is 33.7. The first-order chi connectivity index (χ1) is 31.2. The molecule has 0 bridgehead atoms. The van der Waals surface area contributed by atoms with Gasteiger partial charge in [-0.05, 0) is 138 Å². The highest BCUT2D eigenvalue weighted by Gasteiger charge is 2.46. The molecule has 0 unspecified atom stereocenters. The fraction of sp³-hybridized carbons (Fsp3) is 0.294. The van der Waals surface area contributed by atoms with Crippen molar-refractivity contribution in [1.82, 2.24) is 0 Å². The molecule has 5 aromatic carbocycles. The van der Waals surface area contributed by atoms with E-state index in [2.05, 4.69) is 184 Å². The van der Waals surface area contributed by atoms with Crippen molar-refractivity contribution < 1.29 is 37.8 Å². The van der Waals surface area contributed by atoms with Crippen molar-refractivity contribution in [3.05, 3.63) is 155 Å². The van der Waals surface area contributed by atoms with Gasteiger partial charge in [-0.3, -0.25) is 0 Å². The highest BCUT2D eigenvalue weighted by atomic mass is 32.2. The first kappa shape index (κ1) is 45.7. The Morgan fingerprint density at radius 1 is 0.750 bits per heavy atom. The van der Waals surface area contributed by atoms with Crippen LogP contribution in [0.1, 0.15) is 70.9 Å². The molecule has 0 atom stereocenters. The number of nitriles is 1. The number of benzene rings is 5. The highest BCUT2D eigenvalue weighted by molar-refractivity contribution is 8.03. The normalized spacial score (nSPS) is 17.9. The topological polar surface area (TPSA) is 94.7 Å². The van der Waals surface area contributed by atoms with Gasteiger partial charge in [0.05, 0.1) is 18.6 Å². The Bertz CT molecular complexity index is 2720. The number of rotatable bonds is 18. The number of thiocyanates is 1. The molecule has 13 heteroatoms. The molecule has 330 valence electrons. The van der Waals surface area contributed by atoms with E-state index in [0.717, 1.165) is 52.8 Å². The summed E-state index contributed by atoms with van der Waals surface area (Å²) in [4.78, 5) is 13.5. The quantitative estimate of drug-likeness (QED) is 0.0159. The van der Waals surface area contributed by atoms with E-state index in [-0.39, 0.29) is 10.8 Å². The number of allylic oxidation sites excluding steroid dienone is 7. The average molecular weight is 913 g/mol. The minimum Gasteiger partial charge on any atom is -0.579 e. The predicted octanol–water partition coefficient (Wildman–Crippen LogP) is 12.1. The summed E-state index contributed by atoms with van der Waals surface area (Å²) in [6.45, 7) is 11.2. The maximum absolute atomic E-state index is 9.32. The van der Waals surface area contributed by atoms with E-state index in [9.17, 15) is 5.26 Å². The van der Waals surface area contributed by atoms with E-state index in [1.54, 1.807) is 0 Å². The van der Waals surface area contributed by atoms with Crippen LogP contribution < -0.4 is 9.64 Å². The first-order valence-corrected chi connectivity index (χ1v) is 23.0. The van der Waals surface area contributed by atoms with Crippen molar-refractivity contribution in [2.24, 2.45) is 0 Å². The third kappa shape index (κ3) is 9.44. The van der Waals surface area contributed by atoms with E-state index in [1.165, 1.54) is 55.5 Å². The van der Waals surface area contributed by atoms with E-state index in [4.69, 9.17) is 14.5 Å². The van der Waals surface area contributed by atoms with Crippen LogP contribution in [0.2, 0.25) is 0 Å². The minimum absolute atomic E-state index is 0.313. The lowest BCUT2D eigenvalue weighted by Crippen LogP contribution is -2.28. The smallest absolute Gasteiger partial charge is 0.210 e. The maximum atomic E-state index is 9.32. The molecule has 2 aliphatic heterocycles. The molecule has 0 saturated heterocycles. The summed E-state index contributed by atoms with van der Waals surface area (Å²) < 4.78 is 17.8. The number of hydrogen-bond acceptors (Lipinski definition) is 12. The summed E-state index contributed by atoms with van der Waals surface area (Å²) in [5.41, 5.74) is 8.82. The molecule has 10 nitrogen and oxygen atoms in total. The van der Waals surface area contributed by atoms with E-state index < -0.39 is 0 Å². The molecular formula is C51H50N3O7S3-. The van der Waals surface area contributed by atoms with Gasteiger partial charge in [-0.15, -0.1) is 0 Å². The molecule has 0 radical (unpaired) electrons. The fourth-order valence-electron chi connectivity index (χ4n) is 9.68. The monoisotopic (exact) mass is 912 g/mol. The highest BCUT2D eigenvalue weighted by Crippen LogP contribution is 2.51. The SMILES string of the molecule is CC1(C)C(/C=C/C2=C(Oc3ccc(SC#N)cc3)C(=C/C=C3/N(CCCOOO[S-])c4ccc5ccccc5c4C3(C)C)/CCC2)=[N+](CCCOOO[S-])c2ccc3ccccc3c21. The Morgan fingerprint density at radius 3 is 2.12 bits per heavy atom. The molecule has 0 saturated carbocycles. The third-order valence-electron chi connectivity index (χ3n) is 12.4. The van der Waals surface area contributed by atoms with Crippen LogP contribution in [0, 0.1) is 10.7 Å². The zero-order valence-corrected chi connectivity index (χ0v) is 38.8. The second-order valence-electron chi connectivity index (χ2n) is 17.0. The molecule has 0 aromatic heterocycles. The van der Waals surface area contributed by atoms with Gasteiger partial charge in [0.15, 0.2) is 12.3 Å². The summed E-state index contributed by atoms with van der Waals surface area (Å²) in [5.74, 6) is 1.54. The zero-order valence-electron chi connectivity index (χ0n) is 36.3. The number of nitrogens with zero attached hydrogens (tertiary/aromatic N) is 3. The van der Waals surface area contributed by atoms with E-state index >= 15 is 0 Å². The van der Waals surface area contributed by atoms with Crippen LogP contribution in [0.5, 0.6) is 5.75 Å². The number of fused-ring (bicyclic) bond motifs is 6. The molecule has 0 spiro atoms. The molecular weight excluding hydrogens is 863 g/mol. The van der Waals surface area contributed by atoms with Crippen molar-refractivity contribution in [2.45, 2.75) is 75.5 Å². The Morgan fingerprint density at radius 2 is 1.42 bits per heavy atom. The molecule has 64 heavy (non-hydrogen) atoms. The lowest BCUT2D eigenvalue weighted by Gasteiger charge is -2.27. The van der Waals surface area contributed by atoms with Gasteiger partial charge in [-0.1, -0.05) is 84.6 Å². The van der Waals surface area contributed by atoms with Gasteiger partial charge < -0.3 is 44.1 Å². The van der Waals surface area contributed by atoms with Crippen molar-refractivity contribution in [3.63, 3.8) is 0 Å². The second-order valence-corrected chi connectivity index (χ2v) is 18.1.